The maximum absolute atomic E-state index is 12.0. The molecule has 5 heteroatoms. The highest BCUT2D eigenvalue weighted by Crippen LogP contribution is 2.33. The number of nitrogens with zero attached hydrogens (tertiary/aromatic N) is 1. The number of rotatable bonds is 1. The molecule has 4 nitrogen and oxygen atoms in total. The van der Waals surface area contributed by atoms with E-state index < -0.39 is 0 Å². The number of piperidine rings is 1. The van der Waals surface area contributed by atoms with Gasteiger partial charge in [-0.25, -0.2) is 0 Å². The van der Waals surface area contributed by atoms with E-state index in [2.05, 4.69) is 26.2 Å². The van der Waals surface area contributed by atoms with E-state index in [4.69, 9.17) is 0 Å². The first-order valence-electron chi connectivity index (χ1n) is 6.02. The fourth-order valence-corrected chi connectivity index (χ4v) is 2.95. The lowest BCUT2D eigenvalue weighted by Gasteiger charge is -2.22. The molecule has 96 valence electrons. The molecule has 2 amide bonds. The molecule has 1 N–H and O–H groups in total. The minimum absolute atomic E-state index is 0.194. The highest BCUT2D eigenvalue weighted by molar-refractivity contribution is 9.10. The Balaban J connectivity index is 2.13. The molecule has 19 heavy (non-hydrogen) atoms. The van der Waals surface area contributed by atoms with Gasteiger partial charge in [0.15, 0.2) is 0 Å². The van der Waals surface area contributed by atoms with Crippen LogP contribution in [0, 0.1) is 0 Å². The Morgan fingerprint density at radius 2 is 2.05 bits per heavy atom. The average molecular weight is 319 g/mol. The van der Waals surface area contributed by atoms with Gasteiger partial charge >= 0.3 is 0 Å². The number of nitrogens with one attached hydrogen (secondary N) is 1. The first kappa shape index (κ1) is 12.3. The van der Waals surface area contributed by atoms with Crippen molar-refractivity contribution in [1.29, 1.82) is 0 Å². The molecule has 3 rings (SSSR count). The maximum atomic E-state index is 12.0. The summed E-state index contributed by atoms with van der Waals surface area (Å²) in [5, 5.41) is 4.37. The number of carbonyl (C=O) groups excluding carboxylic acids is 2. The van der Waals surface area contributed by atoms with Crippen molar-refractivity contribution in [3.05, 3.63) is 40.6 Å². The summed E-state index contributed by atoms with van der Waals surface area (Å²) in [5.74, 6) is -0.693. The van der Waals surface area contributed by atoms with Crippen LogP contribution in [0.3, 0.4) is 0 Å². The SMILES string of the molecule is O=C1CCC(c2ccc(Br)c3ccncc23)C(=O)N1. The lowest BCUT2D eigenvalue weighted by molar-refractivity contribution is -0.134. The van der Waals surface area contributed by atoms with Gasteiger partial charge in [0.1, 0.15) is 0 Å². The van der Waals surface area contributed by atoms with Crippen molar-refractivity contribution in [3.63, 3.8) is 0 Å². The summed E-state index contributed by atoms with van der Waals surface area (Å²) in [5.41, 5.74) is 0.927. The third-order valence-corrected chi connectivity index (χ3v) is 4.10. The van der Waals surface area contributed by atoms with E-state index in [0.717, 1.165) is 20.8 Å². The minimum atomic E-state index is -0.280. The molecular weight excluding hydrogens is 308 g/mol. The molecule has 1 aromatic carbocycles. The van der Waals surface area contributed by atoms with Gasteiger partial charge in [0, 0.05) is 28.7 Å². The molecular formula is C14H11BrN2O2. The van der Waals surface area contributed by atoms with E-state index in [9.17, 15) is 9.59 Å². The van der Waals surface area contributed by atoms with Gasteiger partial charge in [0.25, 0.3) is 0 Å². The third-order valence-electron chi connectivity index (χ3n) is 3.41. The van der Waals surface area contributed by atoms with E-state index in [0.29, 0.717) is 12.8 Å². The maximum Gasteiger partial charge on any atom is 0.234 e. The zero-order valence-corrected chi connectivity index (χ0v) is 11.6. The molecule has 1 saturated heterocycles. The van der Waals surface area contributed by atoms with Gasteiger partial charge in [0.2, 0.25) is 11.8 Å². The lowest BCUT2D eigenvalue weighted by Crippen LogP contribution is -2.39. The smallest absolute Gasteiger partial charge is 0.234 e. The number of hydrogen-bond donors (Lipinski definition) is 1. The number of pyridine rings is 1. The fraction of sp³-hybridized carbons (Fsp3) is 0.214. The zero-order chi connectivity index (χ0) is 13.4. The van der Waals surface area contributed by atoms with Crippen molar-refractivity contribution in [2.75, 3.05) is 0 Å². The Morgan fingerprint density at radius 3 is 2.84 bits per heavy atom. The summed E-state index contributed by atoms with van der Waals surface area (Å²) in [6.07, 6.45) is 4.42. The minimum Gasteiger partial charge on any atom is -0.296 e. The molecule has 1 atom stereocenters. The molecule has 1 aliphatic rings. The number of amides is 2. The van der Waals surface area contributed by atoms with Crippen molar-refractivity contribution in [2.45, 2.75) is 18.8 Å². The Morgan fingerprint density at radius 1 is 1.21 bits per heavy atom. The number of imide groups is 1. The Labute approximate surface area is 118 Å². The summed E-state index contributed by atoms with van der Waals surface area (Å²) < 4.78 is 0.973. The Kier molecular flexibility index (Phi) is 3.06. The number of hydrogen-bond acceptors (Lipinski definition) is 3. The molecule has 1 aromatic heterocycles. The summed E-state index contributed by atoms with van der Waals surface area (Å²) in [4.78, 5) is 27.3. The molecule has 2 aromatic rings. The third kappa shape index (κ3) is 2.14. The predicted octanol–water partition coefficient (Wildman–Crippen LogP) is 2.52. The van der Waals surface area contributed by atoms with Gasteiger partial charge in [-0.1, -0.05) is 22.0 Å². The quantitative estimate of drug-likeness (QED) is 0.822. The van der Waals surface area contributed by atoms with Crippen LogP contribution in [0.5, 0.6) is 0 Å². The molecule has 1 unspecified atom stereocenters. The molecule has 0 aliphatic carbocycles. The molecule has 2 heterocycles. The second-order valence-electron chi connectivity index (χ2n) is 4.56. The van der Waals surface area contributed by atoms with E-state index in [1.54, 1.807) is 12.4 Å². The van der Waals surface area contributed by atoms with Crippen molar-refractivity contribution >= 4 is 38.5 Å². The summed E-state index contributed by atoms with van der Waals surface area (Å²) >= 11 is 3.50. The van der Waals surface area contributed by atoms with Crippen molar-refractivity contribution < 1.29 is 9.59 Å². The Hall–Kier alpha value is -1.75. The van der Waals surface area contributed by atoms with Crippen molar-refractivity contribution in [2.24, 2.45) is 0 Å². The van der Waals surface area contributed by atoms with E-state index in [1.165, 1.54) is 0 Å². The van der Waals surface area contributed by atoms with Crippen LogP contribution in [0.25, 0.3) is 10.8 Å². The van der Waals surface area contributed by atoms with Crippen LogP contribution in [0.4, 0.5) is 0 Å². The second kappa shape index (κ2) is 4.74. The van der Waals surface area contributed by atoms with E-state index >= 15 is 0 Å². The molecule has 0 saturated carbocycles. The second-order valence-corrected chi connectivity index (χ2v) is 5.42. The molecule has 0 radical (unpaired) electrons. The van der Waals surface area contributed by atoms with Crippen LogP contribution in [0.15, 0.2) is 35.1 Å². The monoisotopic (exact) mass is 318 g/mol. The largest absolute Gasteiger partial charge is 0.296 e. The molecule has 0 bridgehead atoms. The number of halogens is 1. The summed E-state index contributed by atoms with van der Waals surface area (Å²) in [6.45, 7) is 0. The van der Waals surface area contributed by atoms with Crippen molar-refractivity contribution in [1.82, 2.24) is 10.3 Å². The van der Waals surface area contributed by atoms with Gasteiger partial charge < -0.3 is 0 Å². The molecule has 1 fully saturated rings. The van der Waals surface area contributed by atoms with Gasteiger partial charge in [-0.2, -0.15) is 0 Å². The van der Waals surface area contributed by atoms with Crippen LogP contribution in [0.1, 0.15) is 24.3 Å². The number of carbonyl (C=O) groups is 2. The van der Waals surface area contributed by atoms with Gasteiger partial charge in [0.05, 0.1) is 5.92 Å². The number of fused-ring (bicyclic) bond motifs is 1. The highest BCUT2D eigenvalue weighted by Gasteiger charge is 2.29. The predicted molar refractivity (Wildman–Crippen MR) is 74.6 cm³/mol. The fourth-order valence-electron chi connectivity index (χ4n) is 2.47. The first-order valence-corrected chi connectivity index (χ1v) is 6.82. The van der Waals surface area contributed by atoms with Crippen LogP contribution >= 0.6 is 15.9 Å². The molecule has 0 spiro atoms. The summed E-state index contributed by atoms with van der Waals surface area (Å²) in [7, 11) is 0. The number of aromatic nitrogens is 1. The number of benzene rings is 1. The zero-order valence-electron chi connectivity index (χ0n) is 10.0. The summed E-state index contributed by atoms with van der Waals surface area (Å²) in [6, 6.07) is 5.77. The van der Waals surface area contributed by atoms with E-state index in [-0.39, 0.29) is 17.7 Å². The van der Waals surface area contributed by atoms with Gasteiger partial charge in [-0.3, -0.25) is 19.9 Å². The average Bonchev–Trinajstić information content (AvgIpc) is 2.41. The first-order chi connectivity index (χ1) is 9.16. The topological polar surface area (TPSA) is 59.1 Å². The van der Waals surface area contributed by atoms with Crippen LogP contribution in [-0.4, -0.2) is 16.8 Å². The highest BCUT2D eigenvalue weighted by atomic mass is 79.9. The van der Waals surface area contributed by atoms with Crippen LogP contribution in [-0.2, 0) is 9.59 Å². The normalized spacial score (nSPS) is 19.5. The van der Waals surface area contributed by atoms with Gasteiger partial charge in [-0.15, -0.1) is 0 Å². The van der Waals surface area contributed by atoms with Crippen molar-refractivity contribution in [3.8, 4) is 0 Å². The lowest BCUT2D eigenvalue weighted by atomic mass is 9.88. The Bertz CT molecular complexity index is 684. The van der Waals surface area contributed by atoms with E-state index in [1.807, 2.05) is 18.2 Å². The standard InChI is InChI=1S/C14H11BrN2O2/c15-12-3-1-8(11-7-16-6-5-9(11)12)10-2-4-13(18)17-14(10)19/h1,3,5-7,10H,2,4H2,(H,17,18,19). The van der Waals surface area contributed by atoms with Crippen LogP contribution in [0.2, 0.25) is 0 Å². The van der Waals surface area contributed by atoms with Crippen LogP contribution < -0.4 is 5.32 Å². The van der Waals surface area contributed by atoms with Gasteiger partial charge in [-0.05, 0) is 29.5 Å². The molecule has 1 aliphatic heterocycles.